The molecular formula is C24H33N3O3S. The first-order valence-corrected chi connectivity index (χ1v) is 12.7. The third-order valence-corrected chi connectivity index (χ3v) is 6.75. The molecule has 168 valence electrons. The lowest BCUT2D eigenvalue weighted by Gasteiger charge is -2.14. The van der Waals surface area contributed by atoms with Crippen LogP contribution in [-0.2, 0) is 29.3 Å². The highest BCUT2D eigenvalue weighted by molar-refractivity contribution is 7.90. The molecule has 0 saturated heterocycles. The van der Waals surface area contributed by atoms with E-state index in [2.05, 4.69) is 48.8 Å². The highest BCUT2D eigenvalue weighted by atomic mass is 32.2. The monoisotopic (exact) mass is 443 g/mol. The Kier molecular flexibility index (Phi) is 6.76. The van der Waals surface area contributed by atoms with E-state index in [4.69, 9.17) is 0 Å². The topological polar surface area (TPSA) is 84.0 Å². The predicted molar refractivity (Wildman–Crippen MR) is 127 cm³/mol. The molecule has 0 bridgehead atoms. The van der Waals surface area contributed by atoms with Gasteiger partial charge in [-0.15, -0.1) is 0 Å². The standard InChI is InChI=1S/C24H33N3O3S/c1-7-8-18-9-17(5)26-24(28)21(18)13-25-12-19-10-20(31(6,29)30)11-22-23(19)16(4)14-27(22)15(2)3/h9-11,14-15,25H,7-8,12-13H2,1-6H3,(H,26,28). The van der Waals surface area contributed by atoms with Gasteiger partial charge < -0.3 is 14.9 Å². The van der Waals surface area contributed by atoms with Gasteiger partial charge in [-0.2, -0.15) is 0 Å². The van der Waals surface area contributed by atoms with Crippen LogP contribution in [-0.4, -0.2) is 24.2 Å². The molecule has 0 unspecified atom stereocenters. The summed E-state index contributed by atoms with van der Waals surface area (Å²) in [4.78, 5) is 15.7. The first kappa shape index (κ1) is 23.3. The summed E-state index contributed by atoms with van der Waals surface area (Å²) < 4.78 is 26.8. The quantitative estimate of drug-likeness (QED) is 0.547. The highest BCUT2D eigenvalue weighted by Gasteiger charge is 2.18. The number of pyridine rings is 1. The van der Waals surface area contributed by atoms with Gasteiger partial charge in [0.2, 0.25) is 0 Å². The van der Waals surface area contributed by atoms with E-state index in [9.17, 15) is 13.2 Å². The van der Waals surface area contributed by atoms with Crippen molar-refractivity contribution in [2.24, 2.45) is 0 Å². The van der Waals surface area contributed by atoms with Crippen molar-refractivity contribution in [3.63, 3.8) is 0 Å². The van der Waals surface area contributed by atoms with Gasteiger partial charge in [0.25, 0.3) is 5.56 Å². The van der Waals surface area contributed by atoms with Crippen LogP contribution < -0.4 is 10.9 Å². The van der Waals surface area contributed by atoms with Crippen molar-refractivity contribution in [3.05, 3.63) is 62.7 Å². The van der Waals surface area contributed by atoms with Crippen LogP contribution in [0.2, 0.25) is 0 Å². The van der Waals surface area contributed by atoms with Gasteiger partial charge in [-0.1, -0.05) is 13.3 Å². The van der Waals surface area contributed by atoms with E-state index >= 15 is 0 Å². The fraction of sp³-hybridized carbons (Fsp3) is 0.458. The van der Waals surface area contributed by atoms with E-state index in [-0.39, 0.29) is 11.6 Å². The second-order valence-corrected chi connectivity index (χ2v) is 10.7. The molecular weight excluding hydrogens is 410 g/mol. The van der Waals surface area contributed by atoms with Crippen molar-refractivity contribution >= 4 is 20.7 Å². The fourth-order valence-corrected chi connectivity index (χ4v) is 4.91. The van der Waals surface area contributed by atoms with Crippen LogP contribution in [0, 0.1) is 13.8 Å². The summed E-state index contributed by atoms with van der Waals surface area (Å²) >= 11 is 0. The second-order valence-electron chi connectivity index (χ2n) is 8.70. The van der Waals surface area contributed by atoms with Crippen LogP contribution in [0.4, 0.5) is 0 Å². The van der Waals surface area contributed by atoms with Crippen molar-refractivity contribution in [1.29, 1.82) is 0 Å². The summed E-state index contributed by atoms with van der Waals surface area (Å²) in [6.07, 6.45) is 5.14. The average Bonchev–Trinajstić information content (AvgIpc) is 3.00. The summed E-state index contributed by atoms with van der Waals surface area (Å²) in [5.41, 5.74) is 5.58. The number of nitrogens with zero attached hydrogens (tertiary/aromatic N) is 1. The Labute approximate surface area is 184 Å². The maximum atomic E-state index is 12.5. The largest absolute Gasteiger partial charge is 0.345 e. The minimum atomic E-state index is -3.35. The molecule has 0 aliphatic heterocycles. The predicted octanol–water partition coefficient (Wildman–Crippen LogP) is 4.17. The Morgan fingerprint density at radius 2 is 1.81 bits per heavy atom. The van der Waals surface area contributed by atoms with Crippen molar-refractivity contribution in [3.8, 4) is 0 Å². The van der Waals surface area contributed by atoms with E-state index in [1.54, 1.807) is 12.1 Å². The number of aryl methyl sites for hydroxylation is 3. The van der Waals surface area contributed by atoms with Gasteiger partial charge in [0.05, 0.1) is 10.4 Å². The first-order valence-electron chi connectivity index (χ1n) is 10.8. The van der Waals surface area contributed by atoms with E-state index in [1.165, 1.54) is 6.26 Å². The number of aromatic nitrogens is 2. The summed E-state index contributed by atoms with van der Waals surface area (Å²) in [6, 6.07) is 5.78. The van der Waals surface area contributed by atoms with Crippen molar-refractivity contribution in [1.82, 2.24) is 14.9 Å². The Balaban J connectivity index is 2.00. The van der Waals surface area contributed by atoms with Gasteiger partial charge >= 0.3 is 0 Å². The van der Waals surface area contributed by atoms with Gasteiger partial charge in [-0.05, 0) is 69.0 Å². The third-order valence-electron chi connectivity index (χ3n) is 5.66. The molecule has 1 aromatic carbocycles. The molecule has 3 aromatic rings. The SMILES string of the molecule is CCCc1cc(C)[nH]c(=O)c1CNCc1cc(S(C)(=O)=O)cc2c1c(C)cn2C(C)C. The number of rotatable bonds is 8. The average molecular weight is 444 g/mol. The lowest BCUT2D eigenvalue weighted by molar-refractivity contribution is 0.600. The number of nitrogens with one attached hydrogen (secondary N) is 2. The molecule has 0 amide bonds. The molecule has 0 spiro atoms. The van der Waals surface area contributed by atoms with Crippen molar-refractivity contribution in [2.75, 3.05) is 6.26 Å². The number of H-pyrrole nitrogens is 1. The van der Waals surface area contributed by atoms with Crippen LogP contribution in [0.15, 0.2) is 34.1 Å². The second kappa shape index (κ2) is 9.01. The molecule has 3 rings (SSSR count). The van der Waals surface area contributed by atoms with Crippen LogP contribution in [0.25, 0.3) is 10.9 Å². The minimum Gasteiger partial charge on any atom is -0.345 e. The summed E-state index contributed by atoms with van der Waals surface area (Å²) in [6.45, 7) is 11.1. The molecule has 7 heteroatoms. The van der Waals surface area contributed by atoms with Crippen molar-refractivity contribution < 1.29 is 8.42 Å². The van der Waals surface area contributed by atoms with Crippen LogP contribution in [0.5, 0.6) is 0 Å². The maximum absolute atomic E-state index is 12.5. The smallest absolute Gasteiger partial charge is 0.252 e. The van der Waals surface area contributed by atoms with E-state index in [0.717, 1.165) is 51.7 Å². The molecule has 2 heterocycles. The molecule has 0 radical (unpaired) electrons. The number of hydrogen-bond acceptors (Lipinski definition) is 4. The van der Waals surface area contributed by atoms with Gasteiger partial charge in [0.15, 0.2) is 9.84 Å². The van der Waals surface area contributed by atoms with Crippen LogP contribution >= 0.6 is 0 Å². The molecule has 0 fully saturated rings. The van der Waals surface area contributed by atoms with Gasteiger partial charge in [-0.25, -0.2) is 8.42 Å². The zero-order valence-electron chi connectivity index (χ0n) is 19.3. The highest BCUT2D eigenvalue weighted by Crippen LogP contribution is 2.30. The first-order chi connectivity index (χ1) is 14.5. The number of benzene rings is 1. The fourth-order valence-electron chi connectivity index (χ4n) is 4.23. The molecule has 0 aliphatic carbocycles. The van der Waals surface area contributed by atoms with E-state index in [0.29, 0.717) is 18.0 Å². The van der Waals surface area contributed by atoms with Gasteiger partial charge in [-0.3, -0.25) is 4.79 Å². The Hall–Kier alpha value is -2.38. The zero-order chi connectivity index (χ0) is 22.9. The van der Waals surface area contributed by atoms with Gasteiger partial charge in [0.1, 0.15) is 0 Å². The number of hydrogen-bond donors (Lipinski definition) is 2. The number of aromatic amines is 1. The lowest BCUT2D eigenvalue weighted by atomic mass is 10.0. The summed E-state index contributed by atoms with van der Waals surface area (Å²) in [5, 5.41) is 4.46. The number of fused-ring (bicyclic) bond motifs is 1. The minimum absolute atomic E-state index is 0.0619. The van der Waals surface area contributed by atoms with E-state index in [1.807, 2.05) is 13.0 Å². The molecule has 6 nitrogen and oxygen atoms in total. The molecule has 0 saturated carbocycles. The molecule has 31 heavy (non-hydrogen) atoms. The molecule has 2 aromatic heterocycles. The molecule has 0 atom stereocenters. The Morgan fingerprint density at radius 3 is 2.42 bits per heavy atom. The third kappa shape index (κ3) is 4.93. The maximum Gasteiger partial charge on any atom is 0.252 e. The van der Waals surface area contributed by atoms with Crippen molar-refractivity contribution in [2.45, 2.75) is 71.5 Å². The van der Waals surface area contributed by atoms with Crippen LogP contribution in [0.3, 0.4) is 0 Å². The Bertz CT molecular complexity index is 1270. The summed E-state index contributed by atoms with van der Waals surface area (Å²) in [5.74, 6) is 0. The van der Waals surface area contributed by atoms with Crippen LogP contribution in [0.1, 0.15) is 61.2 Å². The van der Waals surface area contributed by atoms with Gasteiger partial charge in [0, 0.05) is 48.2 Å². The molecule has 2 N–H and O–H groups in total. The Morgan fingerprint density at radius 1 is 1.10 bits per heavy atom. The zero-order valence-corrected chi connectivity index (χ0v) is 20.1. The van der Waals surface area contributed by atoms with E-state index < -0.39 is 9.84 Å². The molecule has 0 aliphatic rings. The normalized spacial score (nSPS) is 12.2. The lowest BCUT2D eigenvalue weighted by Crippen LogP contribution is -2.24. The summed E-state index contributed by atoms with van der Waals surface area (Å²) in [7, 11) is -3.35. The number of sulfone groups is 1.